The van der Waals surface area contributed by atoms with Crippen LogP contribution in [0.5, 0.6) is 0 Å². The first-order chi connectivity index (χ1) is 8.18. The second-order valence-electron chi connectivity index (χ2n) is 3.78. The zero-order valence-electron chi connectivity index (χ0n) is 9.22. The monoisotopic (exact) mass is 235 g/mol. The van der Waals surface area contributed by atoms with Gasteiger partial charge in [0, 0.05) is 32.4 Å². The lowest BCUT2D eigenvalue weighted by Gasteiger charge is -2.27. The number of nitrogens with zero attached hydrogens (tertiary/aromatic N) is 2. The summed E-state index contributed by atoms with van der Waals surface area (Å²) in [5, 5.41) is 11.9. The molecule has 1 aromatic rings. The Hall–Kier alpha value is -1.95. The largest absolute Gasteiger partial charge is 0.477 e. The molecule has 1 fully saturated rings. The molecule has 90 valence electrons. The summed E-state index contributed by atoms with van der Waals surface area (Å²) in [6.07, 6.45) is 1.31. The van der Waals surface area contributed by atoms with Gasteiger partial charge >= 0.3 is 5.97 Å². The molecule has 0 spiro atoms. The van der Waals surface area contributed by atoms with Crippen LogP contribution < -0.4 is 5.32 Å². The van der Waals surface area contributed by atoms with E-state index in [-0.39, 0.29) is 11.6 Å². The molecule has 2 rings (SSSR count). The number of hydrogen-bond donors (Lipinski definition) is 2. The molecule has 2 heterocycles. The fraction of sp³-hybridized carbons (Fsp3) is 0.364. The van der Waals surface area contributed by atoms with E-state index in [2.05, 4.69) is 10.3 Å². The molecule has 0 radical (unpaired) electrons. The Morgan fingerprint density at radius 3 is 2.53 bits per heavy atom. The quantitative estimate of drug-likeness (QED) is 0.743. The predicted octanol–water partition coefficient (Wildman–Crippen LogP) is -0.175. The summed E-state index contributed by atoms with van der Waals surface area (Å²) in [4.78, 5) is 28.1. The van der Waals surface area contributed by atoms with E-state index in [0.717, 1.165) is 13.1 Å². The normalized spacial score (nSPS) is 15.6. The van der Waals surface area contributed by atoms with Crippen LogP contribution in [0, 0.1) is 0 Å². The molecule has 2 N–H and O–H groups in total. The van der Waals surface area contributed by atoms with Gasteiger partial charge in [0.25, 0.3) is 5.91 Å². The first kappa shape index (κ1) is 11.5. The molecule has 0 aromatic carbocycles. The first-order valence-electron chi connectivity index (χ1n) is 5.38. The lowest BCUT2D eigenvalue weighted by atomic mass is 10.2. The minimum atomic E-state index is -1.09. The highest BCUT2D eigenvalue weighted by Gasteiger charge is 2.18. The minimum absolute atomic E-state index is 0.0538. The third-order valence-corrected chi connectivity index (χ3v) is 2.63. The highest BCUT2D eigenvalue weighted by atomic mass is 16.4. The number of rotatable bonds is 2. The highest BCUT2D eigenvalue weighted by Crippen LogP contribution is 2.06. The number of hydrogen-bond acceptors (Lipinski definition) is 4. The van der Waals surface area contributed by atoms with Crippen LogP contribution in [0.25, 0.3) is 0 Å². The summed E-state index contributed by atoms with van der Waals surface area (Å²) >= 11 is 0. The second kappa shape index (κ2) is 4.92. The average Bonchev–Trinajstić information content (AvgIpc) is 2.39. The number of pyridine rings is 1. The zero-order chi connectivity index (χ0) is 12.3. The molecule has 17 heavy (non-hydrogen) atoms. The van der Waals surface area contributed by atoms with Crippen LogP contribution in [-0.2, 0) is 0 Å². The molecule has 1 aliphatic rings. The van der Waals surface area contributed by atoms with Gasteiger partial charge in [-0.2, -0.15) is 0 Å². The second-order valence-corrected chi connectivity index (χ2v) is 3.78. The van der Waals surface area contributed by atoms with Crippen LogP contribution in [0.15, 0.2) is 18.3 Å². The molecule has 1 saturated heterocycles. The van der Waals surface area contributed by atoms with Gasteiger partial charge in [-0.05, 0) is 12.1 Å². The van der Waals surface area contributed by atoms with Gasteiger partial charge in [0.2, 0.25) is 0 Å². The van der Waals surface area contributed by atoms with Crippen molar-refractivity contribution in [3.8, 4) is 0 Å². The van der Waals surface area contributed by atoms with Crippen LogP contribution in [0.1, 0.15) is 20.8 Å². The molecule has 0 saturated carbocycles. The predicted molar refractivity (Wildman–Crippen MR) is 60.0 cm³/mol. The molecule has 6 heteroatoms. The van der Waals surface area contributed by atoms with E-state index in [0.29, 0.717) is 18.7 Å². The number of amides is 1. The molecule has 0 bridgehead atoms. The average molecular weight is 235 g/mol. The van der Waals surface area contributed by atoms with Crippen LogP contribution >= 0.6 is 0 Å². The van der Waals surface area contributed by atoms with Crippen molar-refractivity contribution in [3.63, 3.8) is 0 Å². The lowest BCUT2D eigenvalue weighted by Crippen LogP contribution is -2.46. The molecule has 0 atom stereocenters. The van der Waals surface area contributed by atoms with Crippen molar-refractivity contribution in [2.75, 3.05) is 26.2 Å². The van der Waals surface area contributed by atoms with Gasteiger partial charge in [0.15, 0.2) is 0 Å². The van der Waals surface area contributed by atoms with E-state index in [4.69, 9.17) is 5.11 Å². The molecule has 1 aliphatic heterocycles. The van der Waals surface area contributed by atoms with E-state index < -0.39 is 5.97 Å². The van der Waals surface area contributed by atoms with Crippen LogP contribution in [0.4, 0.5) is 0 Å². The lowest BCUT2D eigenvalue weighted by molar-refractivity contribution is 0.0686. The van der Waals surface area contributed by atoms with Gasteiger partial charge in [-0.25, -0.2) is 9.78 Å². The van der Waals surface area contributed by atoms with Gasteiger partial charge in [0.05, 0.1) is 5.56 Å². The van der Waals surface area contributed by atoms with Gasteiger partial charge in [-0.1, -0.05) is 0 Å². The van der Waals surface area contributed by atoms with E-state index >= 15 is 0 Å². The van der Waals surface area contributed by atoms with Gasteiger partial charge in [-0.15, -0.1) is 0 Å². The molecule has 6 nitrogen and oxygen atoms in total. The Balaban J connectivity index is 2.10. The van der Waals surface area contributed by atoms with Crippen molar-refractivity contribution >= 4 is 11.9 Å². The van der Waals surface area contributed by atoms with Gasteiger partial charge < -0.3 is 15.3 Å². The SMILES string of the molecule is O=C(O)c1ccc(C(=O)N2CCNCC2)cn1. The fourth-order valence-corrected chi connectivity index (χ4v) is 1.70. The molecule has 1 amide bonds. The topological polar surface area (TPSA) is 82.5 Å². The third-order valence-electron chi connectivity index (χ3n) is 2.63. The smallest absolute Gasteiger partial charge is 0.354 e. The number of piperazine rings is 1. The number of nitrogens with one attached hydrogen (secondary N) is 1. The Labute approximate surface area is 98.3 Å². The minimum Gasteiger partial charge on any atom is -0.477 e. The Morgan fingerprint density at radius 1 is 1.29 bits per heavy atom. The standard InChI is InChI=1S/C11H13N3O3/c15-10(14-5-3-12-4-6-14)8-1-2-9(11(16)17)13-7-8/h1-2,7,12H,3-6H2,(H,16,17). The fourth-order valence-electron chi connectivity index (χ4n) is 1.70. The number of aromatic nitrogens is 1. The van der Waals surface area contributed by atoms with Crippen LogP contribution in [0.2, 0.25) is 0 Å². The zero-order valence-corrected chi connectivity index (χ0v) is 9.22. The number of carbonyl (C=O) groups is 2. The molecular formula is C11H13N3O3. The Bertz CT molecular complexity index is 424. The van der Waals surface area contributed by atoms with Crippen molar-refractivity contribution in [1.82, 2.24) is 15.2 Å². The van der Waals surface area contributed by atoms with Crippen LogP contribution in [-0.4, -0.2) is 53.0 Å². The van der Waals surface area contributed by atoms with Crippen molar-refractivity contribution in [2.45, 2.75) is 0 Å². The maximum atomic E-state index is 12.0. The van der Waals surface area contributed by atoms with Gasteiger partial charge in [-0.3, -0.25) is 4.79 Å². The number of carbonyl (C=O) groups excluding carboxylic acids is 1. The molecule has 0 aliphatic carbocycles. The first-order valence-corrected chi connectivity index (χ1v) is 5.38. The van der Waals surface area contributed by atoms with E-state index in [1.807, 2.05) is 0 Å². The van der Waals surface area contributed by atoms with E-state index in [9.17, 15) is 9.59 Å². The summed E-state index contributed by atoms with van der Waals surface area (Å²) in [7, 11) is 0. The van der Waals surface area contributed by atoms with Crippen LogP contribution in [0.3, 0.4) is 0 Å². The van der Waals surface area contributed by atoms with Crippen molar-refractivity contribution in [2.24, 2.45) is 0 Å². The number of aromatic carboxylic acids is 1. The molecule has 0 unspecified atom stereocenters. The summed E-state index contributed by atoms with van der Waals surface area (Å²) in [5.41, 5.74) is 0.374. The number of carboxylic acid groups (broad SMARTS) is 1. The number of carboxylic acids is 1. The van der Waals surface area contributed by atoms with Crippen molar-refractivity contribution in [1.29, 1.82) is 0 Å². The third kappa shape index (κ3) is 2.59. The molecule has 1 aromatic heterocycles. The summed E-state index contributed by atoms with van der Waals surface area (Å²) in [5.74, 6) is -1.19. The van der Waals surface area contributed by atoms with E-state index in [1.54, 1.807) is 4.90 Å². The summed E-state index contributed by atoms with van der Waals surface area (Å²) < 4.78 is 0. The van der Waals surface area contributed by atoms with Crippen molar-refractivity contribution in [3.05, 3.63) is 29.6 Å². The summed E-state index contributed by atoms with van der Waals surface area (Å²) in [6, 6.07) is 2.85. The summed E-state index contributed by atoms with van der Waals surface area (Å²) in [6.45, 7) is 2.90. The highest BCUT2D eigenvalue weighted by molar-refractivity contribution is 5.95. The Kier molecular flexibility index (Phi) is 3.34. The Morgan fingerprint density at radius 2 is 2.00 bits per heavy atom. The van der Waals surface area contributed by atoms with E-state index in [1.165, 1.54) is 18.3 Å². The van der Waals surface area contributed by atoms with Gasteiger partial charge in [0.1, 0.15) is 5.69 Å². The molecular weight excluding hydrogens is 222 g/mol. The maximum Gasteiger partial charge on any atom is 0.354 e. The van der Waals surface area contributed by atoms with Crippen molar-refractivity contribution < 1.29 is 14.7 Å². The maximum absolute atomic E-state index is 12.0.